The van der Waals surface area contributed by atoms with Crippen molar-refractivity contribution >= 4 is 15.8 Å². The maximum Gasteiger partial charge on any atom is 0.501 e. The number of ether oxygens (including phenoxy) is 1. The Morgan fingerprint density at radius 1 is 1.40 bits per heavy atom. The van der Waals surface area contributed by atoms with E-state index >= 15 is 0 Å². The van der Waals surface area contributed by atoms with Crippen molar-refractivity contribution < 1.29 is 31.1 Å². The summed E-state index contributed by atoms with van der Waals surface area (Å²) < 4.78 is 61.5. The molecule has 8 heteroatoms. The highest BCUT2D eigenvalue weighted by Crippen LogP contribution is 2.28. The topological polar surface area (TPSA) is 60.4 Å². The lowest BCUT2D eigenvalue weighted by molar-refractivity contribution is -0.137. The fraction of sp³-hybridized carbons (Fsp3) is 0.571. The van der Waals surface area contributed by atoms with Gasteiger partial charge in [0.05, 0.1) is 11.5 Å². The number of esters is 1. The molecule has 15 heavy (non-hydrogen) atoms. The van der Waals surface area contributed by atoms with Crippen molar-refractivity contribution in [3.05, 3.63) is 11.0 Å². The van der Waals surface area contributed by atoms with Crippen molar-refractivity contribution in [1.29, 1.82) is 0 Å². The molecular weight excluding hydrogens is 237 g/mol. The molecule has 0 amide bonds. The van der Waals surface area contributed by atoms with Gasteiger partial charge < -0.3 is 4.74 Å². The summed E-state index contributed by atoms with van der Waals surface area (Å²) in [6.07, 6.45) is 0.298. The van der Waals surface area contributed by atoms with E-state index in [1.54, 1.807) is 0 Å². The maximum absolute atomic E-state index is 11.9. The third kappa shape index (κ3) is 3.54. The van der Waals surface area contributed by atoms with E-state index in [-0.39, 0.29) is 6.61 Å². The van der Waals surface area contributed by atoms with E-state index in [0.29, 0.717) is 13.0 Å². The van der Waals surface area contributed by atoms with Crippen LogP contribution in [0.4, 0.5) is 13.2 Å². The summed E-state index contributed by atoms with van der Waals surface area (Å²) >= 11 is 0. The van der Waals surface area contributed by atoms with Crippen molar-refractivity contribution in [2.24, 2.45) is 0 Å². The first-order valence-corrected chi connectivity index (χ1v) is 5.27. The number of rotatable bonds is 3. The number of allylic oxidation sites excluding steroid dienone is 1. The Morgan fingerprint density at radius 3 is 2.20 bits per heavy atom. The lowest BCUT2D eigenvalue weighted by Gasteiger charge is -2.07. The van der Waals surface area contributed by atoms with Gasteiger partial charge >= 0.3 is 11.5 Å². The fourth-order valence-corrected chi connectivity index (χ4v) is 1.23. The molecule has 0 fully saturated rings. The molecule has 0 aliphatic rings. The minimum Gasteiger partial charge on any atom is -0.463 e. The van der Waals surface area contributed by atoms with Crippen LogP contribution in [0.25, 0.3) is 0 Å². The zero-order valence-electron chi connectivity index (χ0n) is 7.96. The van der Waals surface area contributed by atoms with Gasteiger partial charge in [-0.3, -0.25) is 0 Å². The van der Waals surface area contributed by atoms with Gasteiger partial charge in [-0.2, -0.15) is 13.2 Å². The average molecular weight is 246 g/mol. The molecule has 0 rings (SSSR count). The van der Waals surface area contributed by atoms with Gasteiger partial charge in [0.25, 0.3) is 9.84 Å². The third-order valence-corrected chi connectivity index (χ3v) is 2.91. The Morgan fingerprint density at radius 2 is 1.87 bits per heavy atom. The Hall–Kier alpha value is -1.05. The number of hydrogen-bond acceptors (Lipinski definition) is 4. The highest BCUT2D eigenvalue weighted by atomic mass is 32.2. The van der Waals surface area contributed by atoms with Crippen LogP contribution in [0.15, 0.2) is 11.0 Å². The van der Waals surface area contributed by atoms with Gasteiger partial charge in [0, 0.05) is 6.08 Å². The molecule has 0 aliphatic heterocycles. The van der Waals surface area contributed by atoms with Crippen molar-refractivity contribution in [2.45, 2.75) is 19.4 Å². The molecule has 0 radical (unpaired) electrons. The monoisotopic (exact) mass is 246 g/mol. The van der Waals surface area contributed by atoms with Gasteiger partial charge in [0.1, 0.15) is 0 Å². The van der Waals surface area contributed by atoms with Gasteiger partial charge in [0.15, 0.2) is 0 Å². The molecule has 0 aromatic heterocycles. The third-order valence-electron chi connectivity index (χ3n) is 1.34. The summed E-state index contributed by atoms with van der Waals surface area (Å²) in [6, 6.07) is 0. The summed E-state index contributed by atoms with van der Waals surface area (Å²) in [5.74, 6) is -1.12. The summed E-state index contributed by atoms with van der Waals surface area (Å²) in [6.45, 7) is 2.08. The summed E-state index contributed by atoms with van der Waals surface area (Å²) in [5, 5.41) is 0. The molecule has 0 N–H and O–H groups in total. The summed E-state index contributed by atoms with van der Waals surface area (Å²) in [4.78, 5) is 9.61. The second-order valence-corrected chi connectivity index (χ2v) is 4.57. The normalized spacial score (nSPS) is 13.8. The minimum absolute atomic E-state index is 0.0469. The highest BCUT2D eigenvalue weighted by molar-refractivity contribution is 7.96. The predicted octanol–water partition coefficient (Wildman–Crippen LogP) is 1.39. The van der Waals surface area contributed by atoms with Crippen molar-refractivity contribution in [1.82, 2.24) is 0 Å². The van der Waals surface area contributed by atoms with Crippen LogP contribution in [0.2, 0.25) is 0 Å². The largest absolute Gasteiger partial charge is 0.501 e. The second-order valence-electron chi connectivity index (χ2n) is 2.46. The Labute approximate surface area is 84.6 Å². The van der Waals surface area contributed by atoms with E-state index in [4.69, 9.17) is 0 Å². The fourth-order valence-electron chi connectivity index (χ4n) is 0.610. The zero-order chi connectivity index (χ0) is 12.3. The number of carbonyl (C=O) groups excluding carboxylic acids is 1. The number of sulfone groups is 1. The number of halogens is 3. The molecule has 0 aliphatic carbocycles. The second kappa shape index (κ2) is 4.65. The van der Waals surface area contributed by atoms with Crippen LogP contribution < -0.4 is 0 Å². The molecule has 0 bridgehead atoms. The van der Waals surface area contributed by atoms with Crippen LogP contribution in [-0.4, -0.2) is 26.5 Å². The SMILES string of the molecule is CCOC(=O)/C=C(\C)S(=O)(=O)C(F)(F)F. The maximum atomic E-state index is 11.9. The van der Waals surface area contributed by atoms with E-state index in [1.165, 1.54) is 6.92 Å². The van der Waals surface area contributed by atoms with E-state index < -0.39 is 26.2 Å². The molecule has 0 heterocycles. The number of alkyl halides is 3. The Kier molecular flexibility index (Phi) is 4.32. The van der Waals surface area contributed by atoms with E-state index in [0.717, 1.165) is 0 Å². The van der Waals surface area contributed by atoms with Gasteiger partial charge in [-0.25, -0.2) is 13.2 Å². The molecule has 0 aromatic carbocycles. The molecule has 88 valence electrons. The van der Waals surface area contributed by atoms with Crippen LogP contribution in [0.1, 0.15) is 13.8 Å². The van der Waals surface area contributed by atoms with E-state index in [1.807, 2.05) is 0 Å². The zero-order valence-corrected chi connectivity index (χ0v) is 8.78. The van der Waals surface area contributed by atoms with E-state index in [2.05, 4.69) is 4.74 Å². The summed E-state index contributed by atoms with van der Waals surface area (Å²) in [5.41, 5.74) is -5.40. The number of hydrogen-bond donors (Lipinski definition) is 0. The molecule has 4 nitrogen and oxygen atoms in total. The molecule has 0 aromatic rings. The standard InChI is InChI=1S/C7H9F3O4S/c1-3-14-6(11)4-5(2)15(12,13)7(8,9)10/h4H,3H2,1-2H3/b5-4+. The number of carbonyl (C=O) groups is 1. The summed E-state index contributed by atoms with van der Waals surface area (Å²) in [7, 11) is -5.43. The average Bonchev–Trinajstić information content (AvgIpc) is 2.02. The first-order chi connectivity index (χ1) is 6.63. The van der Waals surface area contributed by atoms with Crippen molar-refractivity contribution in [3.8, 4) is 0 Å². The molecule has 0 saturated carbocycles. The van der Waals surface area contributed by atoms with Gasteiger partial charge in [-0.15, -0.1) is 0 Å². The first kappa shape index (κ1) is 13.9. The quantitative estimate of drug-likeness (QED) is 0.557. The molecule has 0 unspecified atom stereocenters. The van der Waals surface area contributed by atoms with E-state index in [9.17, 15) is 26.4 Å². The van der Waals surface area contributed by atoms with Gasteiger partial charge in [-0.1, -0.05) is 0 Å². The molecular formula is C7H9F3O4S. The Bertz CT molecular complexity index is 366. The van der Waals surface area contributed by atoms with Crippen molar-refractivity contribution in [3.63, 3.8) is 0 Å². The van der Waals surface area contributed by atoms with Crippen LogP contribution in [0, 0.1) is 0 Å². The lowest BCUT2D eigenvalue weighted by Crippen LogP contribution is -2.24. The van der Waals surface area contributed by atoms with Crippen LogP contribution >= 0.6 is 0 Å². The van der Waals surface area contributed by atoms with Crippen LogP contribution in [-0.2, 0) is 19.4 Å². The van der Waals surface area contributed by atoms with Crippen LogP contribution in [0.3, 0.4) is 0 Å². The van der Waals surface area contributed by atoms with Crippen LogP contribution in [0.5, 0.6) is 0 Å². The molecule has 0 atom stereocenters. The van der Waals surface area contributed by atoms with Gasteiger partial charge in [0.2, 0.25) is 0 Å². The molecule has 0 saturated heterocycles. The Balaban J connectivity index is 5.03. The van der Waals surface area contributed by atoms with Gasteiger partial charge in [-0.05, 0) is 13.8 Å². The highest BCUT2D eigenvalue weighted by Gasteiger charge is 2.46. The molecule has 0 spiro atoms. The minimum atomic E-state index is -5.43. The lowest BCUT2D eigenvalue weighted by atomic mass is 10.5. The smallest absolute Gasteiger partial charge is 0.463 e. The van der Waals surface area contributed by atoms with Crippen molar-refractivity contribution in [2.75, 3.05) is 6.61 Å². The predicted molar refractivity (Wildman–Crippen MR) is 45.4 cm³/mol. The first-order valence-electron chi connectivity index (χ1n) is 3.79.